The highest BCUT2D eigenvalue weighted by Gasteiger charge is 2.71. The Morgan fingerprint density at radius 3 is 2.33 bits per heavy atom. The highest BCUT2D eigenvalue weighted by atomic mass is 16.5. The van der Waals surface area contributed by atoms with E-state index in [4.69, 9.17) is 4.74 Å². The van der Waals surface area contributed by atoms with E-state index < -0.39 is 16.2 Å². The van der Waals surface area contributed by atoms with Crippen LogP contribution in [0.1, 0.15) is 93.4 Å². The molecule has 0 radical (unpaired) electrons. The molecule has 1 heterocycles. The minimum atomic E-state index is -0.623. The zero-order valence-corrected chi connectivity index (χ0v) is 25.5. The van der Waals surface area contributed by atoms with Gasteiger partial charge in [-0.15, -0.1) is 5.11 Å². The van der Waals surface area contributed by atoms with E-state index in [2.05, 4.69) is 55.9 Å². The number of amidine groups is 1. The molecule has 0 aromatic rings. The van der Waals surface area contributed by atoms with Gasteiger partial charge in [-0.05, 0) is 79.1 Å². The van der Waals surface area contributed by atoms with Crippen molar-refractivity contribution in [2.24, 2.45) is 65.5 Å². The molecule has 3 fully saturated rings. The van der Waals surface area contributed by atoms with Crippen LogP contribution in [0.5, 0.6) is 0 Å². The predicted molar refractivity (Wildman–Crippen MR) is 152 cm³/mol. The summed E-state index contributed by atoms with van der Waals surface area (Å²) in [5.41, 5.74) is -0.511. The van der Waals surface area contributed by atoms with Crippen molar-refractivity contribution in [2.45, 2.75) is 93.4 Å². The molecule has 7 nitrogen and oxygen atoms in total. The Morgan fingerprint density at radius 2 is 1.68 bits per heavy atom. The summed E-state index contributed by atoms with van der Waals surface area (Å²) in [6, 6.07) is 0. The molecular formula is C33H45N3O4. The number of carbonyl (C=O) groups excluding carboxylic acids is 3. The monoisotopic (exact) mass is 547 g/mol. The third-order valence-electron chi connectivity index (χ3n) is 13.0. The first kappa shape index (κ1) is 27.7. The molecule has 6 aliphatic rings. The summed E-state index contributed by atoms with van der Waals surface area (Å²) in [6.45, 7) is 15.8. The first-order chi connectivity index (χ1) is 18.6. The van der Waals surface area contributed by atoms with Crippen molar-refractivity contribution in [3.05, 3.63) is 23.3 Å². The first-order valence-electron chi connectivity index (χ1n) is 15.1. The quantitative estimate of drug-likeness (QED) is 0.360. The normalized spacial score (nSPS) is 44.8. The van der Waals surface area contributed by atoms with Gasteiger partial charge in [0.1, 0.15) is 0 Å². The van der Waals surface area contributed by atoms with Gasteiger partial charge in [0.15, 0.2) is 24.1 Å². The Bertz CT molecular complexity index is 1340. The highest BCUT2D eigenvalue weighted by Crippen LogP contribution is 2.74. The number of rotatable bonds is 2. The van der Waals surface area contributed by atoms with Crippen LogP contribution in [-0.2, 0) is 19.1 Å². The smallest absolute Gasteiger partial charge is 0.312 e. The van der Waals surface area contributed by atoms with Crippen molar-refractivity contribution >= 4 is 23.4 Å². The SMILES string of the molecule is COC(=O)[C@]12CCC(C)(C)C[C@H]1[C@H]1C(=O)C=C3[C@@]4(C)C=C(C5=NCN=N5)C(=O)C(C)(C)C4CC[C@@]3(C)[C@]1(C)CC2. The fraction of sp³-hybridized carbons (Fsp3) is 0.758. The van der Waals surface area contributed by atoms with Crippen LogP contribution in [0.2, 0.25) is 0 Å². The van der Waals surface area contributed by atoms with E-state index in [1.54, 1.807) is 0 Å². The van der Waals surface area contributed by atoms with Crippen LogP contribution >= 0.6 is 0 Å². The lowest BCUT2D eigenvalue weighted by Crippen LogP contribution is -2.66. The van der Waals surface area contributed by atoms with E-state index in [0.717, 1.165) is 50.5 Å². The topological polar surface area (TPSA) is 97.5 Å². The third-order valence-corrected chi connectivity index (χ3v) is 13.0. The van der Waals surface area contributed by atoms with Crippen molar-refractivity contribution in [1.82, 2.24) is 0 Å². The molecule has 1 unspecified atom stereocenters. The van der Waals surface area contributed by atoms with E-state index in [1.165, 1.54) is 7.11 Å². The van der Waals surface area contributed by atoms with Crippen molar-refractivity contribution in [3.8, 4) is 0 Å². The summed E-state index contributed by atoms with van der Waals surface area (Å²) < 4.78 is 5.44. The molecule has 5 aliphatic carbocycles. The molecule has 0 spiro atoms. The van der Waals surface area contributed by atoms with E-state index in [-0.39, 0.29) is 58.2 Å². The van der Waals surface area contributed by atoms with Gasteiger partial charge in [-0.1, -0.05) is 60.1 Å². The lowest BCUT2D eigenvalue weighted by molar-refractivity contribution is -0.191. The molecule has 7 heteroatoms. The number of ether oxygens (including phenoxy) is 1. The number of hydrogen-bond acceptors (Lipinski definition) is 7. The van der Waals surface area contributed by atoms with Crippen LogP contribution in [0.4, 0.5) is 0 Å². The molecule has 1 aliphatic heterocycles. The summed E-state index contributed by atoms with van der Waals surface area (Å²) in [5.74, 6) is 0.285. The van der Waals surface area contributed by atoms with Crippen LogP contribution in [0, 0.1) is 50.2 Å². The van der Waals surface area contributed by atoms with Crippen molar-refractivity contribution in [3.63, 3.8) is 0 Å². The number of hydrogen-bond donors (Lipinski definition) is 0. The van der Waals surface area contributed by atoms with Crippen LogP contribution in [0.3, 0.4) is 0 Å². The molecule has 6 rings (SSSR count). The van der Waals surface area contributed by atoms with E-state index in [0.29, 0.717) is 11.4 Å². The number of nitrogens with zero attached hydrogens (tertiary/aromatic N) is 3. The number of allylic oxidation sites excluding steroid dienone is 3. The third kappa shape index (κ3) is 3.29. The van der Waals surface area contributed by atoms with Gasteiger partial charge in [-0.25, -0.2) is 4.99 Å². The lowest BCUT2D eigenvalue weighted by atomic mass is 9.34. The van der Waals surface area contributed by atoms with Gasteiger partial charge in [0, 0.05) is 16.7 Å². The van der Waals surface area contributed by atoms with Crippen LogP contribution < -0.4 is 0 Å². The second-order valence-electron chi connectivity index (χ2n) is 15.7. The van der Waals surface area contributed by atoms with Gasteiger partial charge in [0.05, 0.1) is 18.1 Å². The summed E-state index contributed by atoms with van der Waals surface area (Å²) in [4.78, 5) is 46.2. The summed E-state index contributed by atoms with van der Waals surface area (Å²) in [5, 5.41) is 8.23. The van der Waals surface area contributed by atoms with Crippen molar-refractivity contribution in [1.29, 1.82) is 0 Å². The maximum absolute atomic E-state index is 14.6. The summed E-state index contributed by atoms with van der Waals surface area (Å²) in [6.07, 6.45) is 10.0. The van der Waals surface area contributed by atoms with E-state index >= 15 is 0 Å². The average molecular weight is 548 g/mol. The lowest BCUT2D eigenvalue weighted by Gasteiger charge is -2.68. The molecule has 0 N–H and O–H groups in total. The number of aliphatic imine (C=N–C) groups is 1. The van der Waals surface area contributed by atoms with Crippen molar-refractivity contribution < 1.29 is 19.1 Å². The maximum Gasteiger partial charge on any atom is 0.312 e. The number of fused-ring (bicyclic) bond motifs is 7. The van der Waals surface area contributed by atoms with Crippen LogP contribution in [0.25, 0.3) is 0 Å². The van der Waals surface area contributed by atoms with Gasteiger partial charge in [-0.3, -0.25) is 14.4 Å². The van der Waals surface area contributed by atoms with Crippen LogP contribution in [-0.4, -0.2) is 37.1 Å². The fourth-order valence-corrected chi connectivity index (χ4v) is 10.6. The largest absolute Gasteiger partial charge is 0.469 e. The fourth-order valence-electron chi connectivity index (χ4n) is 10.6. The Hall–Kier alpha value is -2.44. The Morgan fingerprint density at radius 1 is 0.975 bits per heavy atom. The zero-order chi connectivity index (χ0) is 29.1. The molecule has 40 heavy (non-hydrogen) atoms. The number of ketones is 2. The number of methoxy groups -OCH3 is 1. The molecular weight excluding hydrogens is 502 g/mol. The Labute approximate surface area is 238 Å². The van der Waals surface area contributed by atoms with Gasteiger partial charge >= 0.3 is 5.97 Å². The summed E-state index contributed by atoms with van der Waals surface area (Å²) >= 11 is 0. The Kier molecular flexibility index (Phi) is 5.76. The molecule has 216 valence electrons. The molecule has 0 saturated heterocycles. The second-order valence-corrected chi connectivity index (χ2v) is 15.7. The van der Waals surface area contributed by atoms with Crippen molar-refractivity contribution in [2.75, 3.05) is 13.8 Å². The predicted octanol–water partition coefficient (Wildman–Crippen LogP) is 6.68. The molecule has 0 aromatic heterocycles. The second kappa shape index (κ2) is 8.32. The number of azo groups is 1. The van der Waals surface area contributed by atoms with Gasteiger partial charge in [0.2, 0.25) is 0 Å². The highest BCUT2D eigenvalue weighted by molar-refractivity contribution is 6.24. The zero-order valence-electron chi connectivity index (χ0n) is 25.5. The number of carbonyl (C=O) groups is 3. The minimum Gasteiger partial charge on any atom is -0.469 e. The standard InChI is InChI=1S/C33H45N3O4/c1-28(2)11-13-33(27(39)40-8)14-12-32(7)24(20(33)17-28)21(37)15-23-30(5)16-19(26-34-18-35-36-26)25(38)29(3,4)22(30)9-10-31(23,32)6/h15-16,20,22,24H,9-14,17-18H2,1-8H3/t20-,22?,24-,30-,31+,32+,33-/m0/s1. The number of esters is 1. The molecule has 3 saturated carbocycles. The Balaban J connectivity index is 1.53. The number of Topliss-reactive ketones (excluding diaryl/α,β-unsaturated/α-hetero) is 1. The first-order valence-corrected chi connectivity index (χ1v) is 15.1. The van der Waals surface area contributed by atoms with Gasteiger partial charge in [0.25, 0.3) is 0 Å². The molecule has 7 atom stereocenters. The molecule has 0 bridgehead atoms. The summed E-state index contributed by atoms with van der Waals surface area (Å²) in [7, 11) is 1.50. The van der Waals surface area contributed by atoms with Gasteiger partial charge < -0.3 is 4.74 Å². The molecule has 0 aromatic carbocycles. The maximum atomic E-state index is 14.6. The average Bonchev–Trinajstić information content (AvgIpc) is 3.42. The van der Waals surface area contributed by atoms with Gasteiger partial charge in [-0.2, -0.15) is 5.11 Å². The minimum absolute atomic E-state index is 0.0427. The van der Waals surface area contributed by atoms with E-state index in [1.807, 2.05) is 19.9 Å². The van der Waals surface area contributed by atoms with E-state index in [9.17, 15) is 14.4 Å². The van der Waals surface area contributed by atoms with Crippen LogP contribution in [0.15, 0.2) is 38.5 Å². The molecule has 0 amide bonds.